The van der Waals surface area contributed by atoms with Crippen LogP contribution in [0.3, 0.4) is 0 Å². The number of hydrogen-bond acceptors (Lipinski definition) is 2. The van der Waals surface area contributed by atoms with Crippen LogP contribution in [0.15, 0.2) is 11.6 Å². The van der Waals surface area contributed by atoms with Crippen molar-refractivity contribution in [1.29, 1.82) is 0 Å². The first-order valence-electron chi connectivity index (χ1n) is 7.51. The first-order chi connectivity index (χ1) is 8.48. The molecule has 102 valence electrons. The van der Waals surface area contributed by atoms with Gasteiger partial charge in [0.2, 0.25) is 0 Å². The van der Waals surface area contributed by atoms with E-state index in [4.69, 9.17) is 4.74 Å². The van der Waals surface area contributed by atoms with Crippen LogP contribution in [0.4, 0.5) is 0 Å². The zero-order chi connectivity index (χ0) is 12.8. The Morgan fingerprint density at radius 3 is 2.67 bits per heavy atom. The van der Waals surface area contributed by atoms with Gasteiger partial charge in [-0.1, -0.05) is 25.5 Å². The Morgan fingerprint density at radius 2 is 2.06 bits per heavy atom. The van der Waals surface area contributed by atoms with Gasteiger partial charge in [0.1, 0.15) is 0 Å². The third kappa shape index (κ3) is 2.37. The van der Waals surface area contributed by atoms with Gasteiger partial charge in [-0.3, -0.25) is 0 Å². The first-order valence-corrected chi connectivity index (χ1v) is 7.51. The second kappa shape index (κ2) is 4.35. The summed E-state index contributed by atoms with van der Waals surface area (Å²) in [6, 6.07) is 0. The van der Waals surface area contributed by atoms with Crippen LogP contribution in [0.2, 0.25) is 0 Å². The summed E-state index contributed by atoms with van der Waals surface area (Å²) in [6.07, 6.45) is 10.2. The fourth-order valence-electron chi connectivity index (χ4n) is 4.10. The molecule has 0 amide bonds. The van der Waals surface area contributed by atoms with E-state index in [0.29, 0.717) is 5.92 Å². The van der Waals surface area contributed by atoms with Crippen LogP contribution in [0, 0.1) is 11.3 Å². The molecular weight excluding hydrogens is 224 g/mol. The molecule has 1 spiro atoms. The molecule has 2 unspecified atom stereocenters. The van der Waals surface area contributed by atoms with E-state index in [1.165, 1.54) is 31.3 Å². The van der Waals surface area contributed by atoms with Crippen LogP contribution in [0.1, 0.15) is 58.8 Å². The summed E-state index contributed by atoms with van der Waals surface area (Å²) in [5, 5.41) is 10.0. The Bertz CT molecular complexity index is 352. The lowest BCUT2D eigenvalue weighted by atomic mass is 9.66. The number of rotatable bonds is 1. The molecule has 1 saturated heterocycles. The van der Waals surface area contributed by atoms with E-state index in [2.05, 4.69) is 19.9 Å². The lowest BCUT2D eigenvalue weighted by molar-refractivity contribution is -0.139. The van der Waals surface area contributed by atoms with E-state index in [-0.39, 0.29) is 17.1 Å². The number of allylic oxidation sites excluding steroid dienone is 1. The van der Waals surface area contributed by atoms with E-state index in [0.717, 1.165) is 25.9 Å². The zero-order valence-corrected chi connectivity index (χ0v) is 11.7. The van der Waals surface area contributed by atoms with Gasteiger partial charge < -0.3 is 9.84 Å². The molecule has 3 rings (SSSR count). The maximum absolute atomic E-state index is 10.0. The second-order valence-corrected chi connectivity index (χ2v) is 7.43. The van der Waals surface area contributed by atoms with E-state index in [9.17, 15) is 5.11 Å². The van der Waals surface area contributed by atoms with Gasteiger partial charge in [-0.15, -0.1) is 0 Å². The van der Waals surface area contributed by atoms with Crippen molar-refractivity contribution in [2.45, 2.75) is 70.5 Å². The molecule has 0 radical (unpaired) electrons. The summed E-state index contributed by atoms with van der Waals surface area (Å²) in [6.45, 7) is 5.47. The van der Waals surface area contributed by atoms with Gasteiger partial charge >= 0.3 is 0 Å². The highest BCUT2D eigenvalue weighted by atomic mass is 16.5. The summed E-state index contributed by atoms with van der Waals surface area (Å²) in [5.74, 6) is 0.660. The van der Waals surface area contributed by atoms with Crippen molar-refractivity contribution in [3.8, 4) is 0 Å². The Hall–Kier alpha value is -0.340. The maximum Gasteiger partial charge on any atom is 0.0728 e. The van der Waals surface area contributed by atoms with E-state index < -0.39 is 0 Å². The summed E-state index contributed by atoms with van der Waals surface area (Å²) in [4.78, 5) is 0. The molecule has 1 heterocycles. The molecule has 2 atom stereocenters. The van der Waals surface area contributed by atoms with Crippen molar-refractivity contribution in [1.82, 2.24) is 0 Å². The zero-order valence-electron chi connectivity index (χ0n) is 11.7. The molecule has 2 nitrogen and oxygen atoms in total. The monoisotopic (exact) mass is 250 g/mol. The predicted octanol–water partition coefficient (Wildman–Crippen LogP) is 3.44. The second-order valence-electron chi connectivity index (χ2n) is 7.43. The lowest BCUT2D eigenvalue weighted by Crippen LogP contribution is -2.46. The SMILES string of the molecule is CC1(C)CC(C2CCOC3(CCC3)C2)=CC(O)C1. The molecule has 2 fully saturated rings. The minimum atomic E-state index is -0.232. The summed E-state index contributed by atoms with van der Waals surface area (Å²) >= 11 is 0. The van der Waals surface area contributed by atoms with Gasteiger partial charge in [-0.25, -0.2) is 0 Å². The van der Waals surface area contributed by atoms with Crippen LogP contribution in [-0.4, -0.2) is 23.4 Å². The van der Waals surface area contributed by atoms with Crippen LogP contribution in [0.5, 0.6) is 0 Å². The standard InChI is InChI=1S/C16H26O2/c1-15(2)9-13(8-14(17)11-15)12-4-7-18-16(10-12)5-3-6-16/h8,12,14,17H,3-7,9-11H2,1-2H3. The summed E-state index contributed by atoms with van der Waals surface area (Å²) in [7, 11) is 0. The first kappa shape index (κ1) is 12.7. The fourth-order valence-corrected chi connectivity index (χ4v) is 4.10. The van der Waals surface area contributed by atoms with Crippen LogP contribution >= 0.6 is 0 Å². The van der Waals surface area contributed by atoms with Crippen molar-refractivity contribution < 1.29 is 9.84 Å². The topological polar surface area (TPSA) is 29.5 Å². The molecule has 0 aromatic heterocycles. The quantitative estimate of drug-likeness (QED) is 0.722. The Labute approximate surface area is 110 Å². The molecule has 0 bridgehead atoms. The molecule has 2 heteroatoms. The highest BCUT2D eigenvalue weighted by Gasteiger charge is 2.44. The predicted molar refractivity (Wildman–Crippen MR) is 72.4 cm³/mol. The van der Waals surface area contributed by atoms with Crippen LogP contribution in [-0.2, 0) is 4.74 Å². The Balaban J connectivity index is 1.73. The average molecular weight is 250 g/mol. The molecule has 18 heavy (non-hydrogen) atoms. The van der Waals surface area contributed by atoms with Crippen molar-refractivity contribution >= 4 is 0 Å². The number of ether oxygens (including phenoxy) is 1. The van der Waals surface area contributed by atoms with Crippen molar-refractivity contribution in [3.63, 3.8) is 0 Å². The molecule has 1 aliphatic heterocycles. The number of aliphatic hydroxyl groups excluding tert-OH is 1. The van der Waals surface area contributed by atoms with Crippen molar-refractivity contribution in [2.75, 3.05) is 6.61 Å². The molecule has 0 aromatic rings. The van der Waals surface area contributed by atoms with Crippen molar-refractivity contribution in [2.24, 2.45) is 11.3 Å². The molecule has 1 N–H and O–H groups in total. The average Bonchev–Trinajstić information content (AvgIpc) is 2.24. The maximum atomic E-state index is 10.0. The molecule has 0 aromatic carbocycles. The lowest BCUT2D eigenvalue weighted by Gasteiger charge is -2.49. The van der Waals surface area contributed by atoms with Gasteiger partial charge in [0.25, 0.3) is 0 Å². The minimum absolute atomic E-state index is 0.219. The van der Waals surface area contributed by atoms with Crippen LogP contribution in [0.25, 0.3) is 0 Å². The normalized spacial score (nSPS) is 38.1. The van der Waals surface area contributed by atoms with E-state index in [1.54, 1.807) is 0 Å². The number of aliphatic hydroxyl groups is 1. The van der Waals surface area contributed by atoms with Gasteiger partial charge in [0.15, 0.2) is 0 Å². The summed E-state index contributed by atoms with van der Waals surface area (Å²) in [5.41, 5.74) is 1.98. The van der Waals surface area contributed by atoms with E-state index >= 15 is 0 Å². The molecule has 1 saturated carbocycles. The summed E-state index contributed by atoms with van der Waals surface area (Å²) < 4.78 is 6.01. The third-order valence-electron chi connectivity index (χ3n) is 5.13. The Kier molecular flexibility index (Phi) is 3.06. The highest BCUT2D eigenvalue weighted by Crippen LogP contribution is 2.48. The van der Waals surface area contributed by atoms with Gasteiger partial charge in [-0.05, 0) is 56.3 Å². The molecule has 2 aliphatic carbocycles. The van der Waals surface area contributed by atoms with Gasteiger partial charge in [0.05, 0.1) is 11.7 Å². The van der Waals surface area contributed by atoms with Crippen LogP contribution < -0.4 is 0 Å². The van der Waals surface area contributed by atoms with Gasteiger partial charge in [0, 0.05) is 6.61 Å². The fraction of sp³-hybridized carbons (Fsp3) is 0.875. The minimum Gasteiger partial charge on any atom is -0.389 e. The molecule has 3 aliphatic rings. The van der Waals surface area contributed by atoms with Crippen molar-refractivity contribution in [3.05, 3.63) is 11.6 Å². The Morgan fingerprint density at radius 1 is 1.28 bits per heavy atom. The largest absolute Gasteiger partial charge is 0.389 e. The number of hydrogen-bond donors (Lipinski definition) is 1. The highest BCUT2D eigenvalue weighted by molar-refractivity contribution is 5.18. The third-order valence-corrected chi connectivity index (χ3v) is 5.13. The smallest absolute Gasteiger partial charge is 0.0728 e. The molecular formula is C16H26O2. The van der Waals surface area contributed by atoms with Gasteiger partial charge in [-0.2, -0.15) is 0 Å². The van der Waals surface area contributed by atoms with E-state index in [1.807, 2.05) is 0 Å².